The summed E-state index contributed by atoms with van der Waals surface area (Å²) in [4.78, 5) is 76.1. The highest BCUT2D eigenvalue weighted by Gasteiger charge is 2.34. The predicted octanol–water partition coefficient (Wildman–Crippen LogP) is 3.38. The number of carbonyl (C=O) groups excluding carboxylic acids is 5. The minimum atomic E-state index is -0.793. The highest BCUT2D eigenvalue weighted by atomic mass is 16.5. The van der Waals surface area contributed by atoms with Gasteiger partial charge in [-0.25, -0.2) is 9.97 Å². The van der Waals surface area contributed by atoms with Gasteiger partial charge in [0.05, 0.1) is 36.1 Å². The number of para-hydroxylation sites is 2. The first-order chi connectivity index (χ1) is 27.0. The molecule has 3 aromatic heterocycles. The number of anilines is 1. The molecule has 17 heteroatoms. The monoisotopic (exact) mass is 762 g/mol. The molecule has 3 N–H and O–H groups in total. The van der Waals surface area contributed by atoms with Crippen LogP contribution in [0.5, 0.6) is 11.5 Å². The fourth-order valence-electron chi connectivity index (χ4n) is 7.14. The molecule has 7 rings (SSSR count). The Balaban J connectivity index is 1.25. The second-order valence-electron chi connectivity index (χ2n) is 13.5. The van der Waals surface area contributed by atoms with Gasteiger partial charge < -0.3 is 24.7 Å². The van der Waals surface area contributed by atoms with E-state index in [1.807, 2.05) is 57.2 Å². The molecule has 1 saturated heterocycles. The lowest BCUT2D eigenvalue weighted by Crippen LogP contribution is -2.51. The molecular weight excluding hydrogens is 720 g/mol. The van der Waals surface area contributed by atoms with Crippen molar-refractivity contribution in [2.45, 2.75) is 46.7 Å². The number of primary amides is 1. The number of benzene rings is 2. The van der Waals surface area contributed by atoms with Crippen LogP contribution in [0.4, 0.5) is 5.95 Å². The van der Waals surface area contributed by atoms with Crippen LogP contribution in [0.1, 0.15) is 53.2 Å². The first-order valence-corrected chi connectivity index (χ1v) is 18.3. The van der Waals surface area contributed by atoms with Crippen LogP contribution in [0.2, 0.25) is 0 Å². The molecule has 5 aromatic rings. The molecule has 5 heterocycles. The summed E-state index contributed by atoms with van der Waals surface area (Å²) >= 11 is 0. The molecule has 0 aliphatic carbocycles. The molecule has 2 aliphatic rings. The van der Waals surface area contributed by atoms with Crippen LogP contribution < -0.4 is 20.5 Å². The second kappa shape index (κ2) is 15.5. The molecule has 0 bridgehead atoms. The van der Waals surface area contributed by atoms with Crippen molar-refractivity contribution in [3.63, 3.8) is 0 Å². The summed E-state index contributed by atoms with van der Waals surface area (Å²) in [5.74, 6) is -1.62. The van der Waals surface area contributed by atoms with Crippen LogP contribution in [-0.4, -0.2) is 102 Å². The van der Waals surface area contributed by atoms with Crippen LogP contribution in [0.25, 0.3) is 27.8 Å². The molecule has 5 amide bonds. The van der Waals surface area contributed by atoms with Crippen LogP contribution in [0, 0.1) is 12.8 Å². The molecule has 0 saturated carbocycles. The van der Waals surface area contributed by atoms with Crippen LogP contribution in [0.15, 0.2) is 61.0 Å². The van der Waals surface area contributed by atoms with Crippen molar-refractivity contribution in [2.24, 2.45) is 11.7 Å². The quantitative estimate of drug-likeness (QED) is 0.118. The normalized spacial score (nSPS) is 14.4. The van der Waals surface area contributed by atoms with E-state index in [0.29, 0.717) is 65.2 Å². The van der Waals surface area contributed by atoms with Crippen molar-refractivity contribution in [1.82, 2.24) is 38.7 Å². The third-order valence-electron chi connectivity index (χ3n) is 9.94. The number of carbonyl (C=O) groups is 5. The largest absolute Gasteiger partial charge is 0.492 e. The molecule has 2 aliphatic heterocycles. The molecule has 0 atom stereocenters. The van der Waals surface area contributed by atoms with Gasteiger partial charge in [-0.05, 0) is 51.3 Å². The standard InChI is InChI=1S/C39H42N10O7/c1-5-7-16-47-34-32(42-39(47)43-38(54)27-19-23(3)44-49(27)6-2)33(48-22-41-25-10-8-9-11-26(25)48)31(37(40)53)35(55-4)36(34)56-18-15-24-20-45(21-24)28(50)14-17-46-29(51)12-13-30(46)52/h5,7-13,19,22,24H,6,14-18,20-21H2,1-4H3,(H2,40,53)(H,42,43,54). The van der Waals surface area contributed by atoms with Gasteiger partial charge in [0.15, 0.2) is 11.5 Å². The maximum absolute atomic E-state index is 13.8. The Labute approximate surface area is 321 Å². The zero-order valence-electron chi connectivity index (χ0n) is 31.5. The lowest BCUT2D eigenvalue weighted by atomic mass is 9.96. The zero-order valence-corrected chi connectivity index (χ0v) is 31.5. The van der Waals surface area contributed by atoms with Gasteiger partial charge in [-0.1, -0.05) is 24.3 Å². The Hall–Kier alpha value is -6.78. The van der Waals surface area contributed by atoms with Crippen molar-refractivity contribution in [3.8, 4) is 17.2 Å². The Morgan fingerprint density at radius 3 is 2.54 bits per heavy atom. The summed E-state index contributed by atoms with van der Waals surface area (Å²) < 4.78 is 17.6. The summed E-state index contributed by atoms with van der Waals surface area (Å²) in [6.45, 7) is 7.50. The number of amides is 5. The molecule has 1 fully saturated rings. The number of aryl methyl sites for hydroxylation is 2. The Morgan fingerprint density at radius 1 is 1.09 bits per heavy atom. The lowest BCUT2D eigenvalue weighted by Gasteiger charge is -2.39. The molecule has 56 heavy (non-hydrogen) atoms. The van der Waals surface area contributed by atoms with Crippen LogP contribution in [-0.2, 0) is 27.5 Å². The lowest BCUT2D eigenvalue weighted by molar-refractivity contribution is -0.140. The molecule has 0 spiro atoms. The van der Waals surface area contributed by atoms with E-state index >= 15 is 0 Å². The van der Waals surface area contributed by atoms with E-state index in [1.54, 1.807) is 31.1 Å². The van der Waals surface area contributed by atoms with Crippen LogP contribution >= 0.6 is 0 Å². The number of ether oxygens (including phenoxy) is 2. The molecule has 290 valence electrons. The van der Waals surface area contributed by atoms with E-state index in [1.165, 1.54) is 19.3 Å². The first-order valence-electron chi connectivity index (χ1n) is 18.3. The predicted molar refractivity (Wildman–Crippen MR) is 205 cm³/mol. The van der Waals surface area contributed by atoms with E-state index in [0.717, 1.165) is 4.90 Å². The van der Waals surface area contributed by atoms with E-state index in [4.69, 9.17) is 20.2 Å². The third-order valence-corrected chi connectivity index (χ3v) is 9.94. The topological polar surface area (TPSA) is 202 Å². The first kappa shape index (κ1) is 37.5. The number of fused-ring (bicyclic) bond motifs is 2. The van der Waals surface area contributed by atoms with Gasteiger partial charge in [0.1, 0.15) is 28.6 Å². The van der Waals surface area contributed by atoms with Gasteiger partial charge in [-0.15, -0.1) is 0 Å². The molecular formula is C39H42N10O7. The molecule has 0 unspecified atom stereocenters. The number of imidazole rings is 2. The molecule has 0 radical (unpaired) electrons. The third kappa shape index (κ3) is 6.86. The average Bonchev–Trinajstić information content (AvgIpc) is 3.94. The van der Waals surface area contributed by atoms with E-state index in [9.17, 15) is 24.0 Å². The van der Waals surface area contributed by atoms with Crippen molar-refractivity contribution in [2.75, 3.05) is 38.7 Å². The van der Waals surface area contributed by atoms with E-state index in [-0.39, 0.29) is 61.0 Å². The second-order valence-corrected chi connectivity index (χ2v) is 13.5. The number of imide groups is 1. The summed E-state index contributed by atoms with van der Waals surface area (Å²) in [5, 5.41) is 7.40. The van der Waals surface area contributed by atoms with Gasteiger partial charge in [0.25, 0.3) is 23.6 Å². The van der Waals surface area contributed by atoms with Gasteiger partial charge >= 0.3 is 0 Å². The zero-order chi connectivity index (χ0) is 39.7. The maximum Gasteiger partial charge on any atom is 0.276 e. The number of nitrogens with zero attached hydrogens (tertiary/aromatic N) is 8. The molecule has 2 aromatic carbocycles. The Bertz CT molecular complexity index is 2430. The maximum atomic E-state index is 13.8. The van der Waals surface area contributed by atoms with Crippen molar-refractivity contribution in [1.29, 1.82) is 0 Å². The average molecular weight is 763 g/mol. The summed E-state index contributed by atoms with van der Waals surface area (Å²) in [7, 11) is 1.43. The van der Waals surface area contributed by atoms with Gasteiger partial charge in [-0.2, -0.15) is 5.10 Å². The highest BCUT2D eigenvalue weighted by molar-refractivity contribution is 6.13. The van der Waals surface area contributed by atoms with Gasteiger partial charge in [-0.3, -0.25) is 43.4 Å². The van der Waals surface area contributed by atoms with Crippen LogP contribution in [0.3, 0.4) is 0 Å². The SMILES string of the molecule is CC=CCn1c(NC(=O)c2cc(C)nn2CC)nc2c(-n3cnc4ccccc43)c(C(N)=O)c(OC)c(OCCC3CN(C(=O)CCN4C(=O)C=CC4=O)C3)c21. The number of hydrogen-bond donors (Lipinski definition) is 2. The van der Waals surface area contributed by atoms with E-state index < -0.39 is 23.6 Å². The Kier molecular flexibility index (Phi) is 10.4. The van der Waals surface area contributed by atoms with E-state index in [2.05, 4.69) is 15.4 Å². The summed E-state index contributed by atoms with van der Waals surface area (Å²) in [5.41, 5.74) is 9.59. The molecule has 17 nitrogen and oxygen atoms in total. The number of allylic oxidation sites excluding steroid dienone is 2. The minimum Gasteiger partial charge on any atom is -0.492 e. The Morgan fingerprint density at radius 2 is 1.84 bits per heavy atom. The number of rotatable bonds is 15. The number of likely N-dealkylation sites (tertiary alicyclic amines) is 1. The minimum absolute atomic E-state index is 0.0111. The fraction of sp³-hybridized carbons (Fsp3) is 0.333. The smallest absolute Gasteiger partial charge is 0.276 e. The number of aromatic nitrogens is 6. The number of nitrogens with two attached hydrogens (primary N) is 1. The van der Waals surface area contributed by atoms with Crippen molar-refractivity contribution >= 4 is 57.6 Å². The van der Waals surface area contributed by atoms with Gasteiger partial charge in [0, 0.05) is 51.3 Å². The fourth-order valence-corrected chi connectivity index (χ4v) is 7.14. The highest BCUT2D eigenvalue weighted by Crippen LogP contribution is 2.45. The summed E-state index contributed by atoms with van der Waals surface area (Å²) in [6.07, 6.45) is 8.34. The number of methoxy groups -OCH3 is 1. The number of hydrogen-bond acceptors (Lipinski definition) is 10. The van der Waals surface area contributed by atoms with Crippen molar-refractivity contribution < 1.29 is 33.4 Å². The number of nitrogens with one attached hydrogen (secondary N) is 1. The van der Waals surface area contributed by atoms with Gasteiger partial charge in [0.2, 0.25) is 11.9 Å². The summed E-state index contributed by atoms with van der Waals surface area (Å²) in [6, 6.07) is 9.12. The van der Waals surface area contributed by atoms with Crippen molar-refractivity contribution in [3.05, 3.63) is 77.9 Å².